The maximum absolute atomic E-state index is 10.4. The maximum atomic E-state index is 10.4. The number of allylic oxidation sites excluding steroid dienone is 5. The first-order chi connectivity index (χ1) is 10.5. The largest absolute Gasteiger partial charge is 0.393 e. The molecule has 3 atom stereocenters. The van der Waals surface area contributed by atoms with E-state index in [1.165, 1.54) is 44.1 Å². The number of unbranched alkanes of at least 4 members (excludes halogenated alkanes) is 1. The molecule has 0 aliphatic heterocycles. The summed E-state index contributed by atoms with van der Waals surface area (Å²) in [5.41, 5.74) is 3.01. The minimum atomic E-state index is -0.102. The van der Waals surface area contributed by atoms with Crippen LogP contribution >= 0.6 is 0 Å². The standard InChI is InChI=1S/C21H36O/c1-5-18(4)10-6-7-12-21(22)20-15-13-19(14-16-20)11-8-9-17(2)3/h5,9,13,18,20-22H,1,6-8,10-12,14-16H2,2-4H3. The van der Waals surface area contributed by atoms with Gasteiger partial charge in [0.05, 0.1) is 6.10 Å². The molecule has 22 heavy (non-hydrogen) atoms. The molecule has 0 radical (unpaired) electrons. The molecule has 1 nitrogen and oxygen atoms in total. The lowest BCUT2D eigenvalue weighted by Gasteiger charge is -2.26. The van der Waals surface area contributed by atoms with Gasteiger partial charge in [-0.25, -0.2) is 0 Å². The molecule has 0 aromatic rings. The molecule has 0 heterocycles. The second-order valence-electron chi connectivity index (χ2n) is 7.28. The van der Waals surface area contributed by atoms with Crippen molar-refractivity contribution in [3.8, 4) is 0 Å². The summed E-state index contributed by atoms with van der Waals surface area (Å²) in [6, 6.07) is 0. The fourth-order valence-corrected chi connectivity index (χ4v) is 3.20. The highest BCUT2D eigenvalue weighted by Crippen LogP contribution is 2.30. The summed E-state index contributed by atoms with van der Waals surface area (Å²) in [6.07, 6.45) is 17.0. The van der Waals surface area contributed by atoms with E-state index in [0.29, 0.717) is 11.8 Å². The predicted octanol–water partition coefficient (Wildman–Crippen LogP) is 6.20. The smallest absolute Gasteiger partial charge is 0.0571 e. The van der Waals surface area contributed by atoms with E-state index in [2.05, 4.69) is 39.5 Å². The van der Waals surface area contributed by atoms with Gasteiger partial charge in [0.25, 0.3) is 0 Å². The quantitative estimate of drug-likeness (QED) is 0.376. The number of hydrogen-bond donors (Lipinski definition) is 1. The van der Waals surface area contributed by atoms with Gasteiger partial charge < -0.3 is 5.11 Å². The third-order valence-corrected chi connectivity index (χ3v) is 4.92. The van der Waals surface area contributed by atoms with Gasteiger partial charge in [-0.05, 0) is 70.6 Å². The van der Waals surface area contributed by atoms with Crippen LogP contribution < -0.4 is 0 Å². The van der Waals surface area contributed by atoms with Gasteiger partial charge in [-0.3, -0.25) is 0 Å². The molecular formula is C21H36O. The van der Waals surface area contributed by atoms with Crippen LogP contribution in [0.1, 0.15) is 78.6 Å². The van der Waals surface area contributed by atoms with E-state index in [1.54, 1.807) is 5.57 Å². The molecule has 0 spiro atoms. The first-order valence-electron chi connectivity index (χ1n) is 9.14. The van der Waals surface area contributed by atoms with Crippen LogP contribution in [0.2, 0.25) is 0 Å². The first-order valence-corrected chi connectivity index (χ1v) is 9.14. The zero-order valence-electron chi connectivity index (χ0n) is 15.0. The summed E-state index contributed by atoms with van der Waals surface area (Å²) < 4.78 is 0. The number of rotatable bonds is 10. The van der Waals surface area contributed by atoms with E-state index >= 15 is 0 Å². The van der Waals surface area contributed by atoms with Crippen molar-refractivity contribution in [1.29, 1.82) is 0 Å². The average molecular weight is 305 g/mol. The lowest BCUT2D eigenvalue weighted by atomic mass is 9.83. The maximum Gasteiger partial charge on any atom is 0.0571 e. The van der Waals surface area contributed by atoms with Gasteiger partial charge in [-0.1, -0.05) is 49.1 Å². The molecule has 3 unspecified atom stereocenters. The van der Waals surface area contributed by atoms with E-state index < -0.39 is 0 Å². The Bertz CT molecular complexity index is 373. The Balaban J connectivity index is 2.20. The van der Waals surface area contributed by atoms with E-state index in [9.17, 15) is 5.11 Å². The lowest BCUT2D eigenvalue weighted by Crippen LogP contribution is -2.22. The molecule has 0 aromatic carbocycles. The van der Waals surface area contributed by atoms with Gasteiger partial charge in [0.1, 0.15) is 0 Å². The Labute approximate surface area is 138 Å². The van der Waals surface area contributed by atoms with Crippen LogP contribution in [0, 0.1) is 11.8 Å². The molecule has 0 aromatic heterocycles. The Kier molecular flexibility index (Phi) is 9.47. The third-order valence-electron chi connectivity index (χ3n) is 4.92. The van der Waals surface area contributed by atoms with Crippen molar-refractivity contribution >= 4 is 0 Å². The van der Waals surface area contributed by atoms with Gasteiger partial charge in [0, 0.05) is 0 Å². The van der Waals surface area contributed by atoms with Crippen molar-refractivity contribution < 1.29 is 5.11 Å². The fourth-order valence-electron chi connectivity index (χ4n) is 3.20. The van der Waals surface area contributed by atoms with Crippen LogP contribution in [0.15, 0.2) is 36.0 Å². The predicted molar refractivity (Wildman–Crippen MR) is 97.9 cm³/mol. The Hall–Kier alpha value is -0.820. The van der Waals surface area contributed by atoms with Crippen LogP contribution in [-0.2, 0) is 0 Å². The molecular weight excluding hydrogens is 268 g/mol. The van der Waals surface area contributed by atoms with Gasteiger partial charge in [-0.15, -0.1) is 6.58 Å². The first kappa shape index (κ1) is 19.2. The molecule has 0 amide bonds. The minimum Gasteiger partial charge on any atom is -0.393 e. The topological polar surface area (TPSA) is 20.2 Å². The van der Waals surface area contributed by atoms with E-state index in [0.717, 1.165) is 19.3 Å². The summed E-state index contributed by atoms with van der Waals surface area (Å²) in [7, 11) is 0. The van der Waals surface area contributed by atoms with E-state index in [4.69, 9.17) is 0 Å². The molecule has 1 aliphatic rings. The second kappa shape index (κ2) is 10.8. The summed E-state index contributed by atoms with van der Waals surface area (Å²) >= 11 is 0. The molecule has 1 aliphatic carbocycles. The SMILES string of the molecule is C=CC(C)CCCCC(O)C1CC=C(CCC=C(C)C)CC1. The van der Waals surface area contributed by atoms with Gasteiger partial charge in [0.15, 0.2) is 0 Å². The van der Waals surface area contributed by atoms with Crippen molar-refractivity contribution in [1.82, 2.24) is 0 Å². The van der Waals surface area contributed by atoms with Gasteiger partial charge in [0.2, 0.25) is 0 Å². The summed E-state index contributed by atoms with van der Waals surface area (Å²) in [5, 5.41) is 10.4. The summed E-state index contributed by atoms with van der Waals surface area (Å²) in [4.78, 5) is 0. The van der Waals surface area contributed by atoms with Gasteiger partial charge >= 0.3 is 0 Å². The van der Waals surface area contributed by atoms with Crippen LogP contribution in [0.25, 0.3) is 0 Å². The molecule has 126 valence electrons. The highest BCUT2D eigenvalue weighted by molar-refractivity contribution is 5.09. The Morgan fingerprint density at radius 1 is 1.36 bits per heavy atom. The number of hydrogen-bond acceptors (Lipinski definition) is 1. The molecule has 0 bridgehead atoms. The molecule has 0 saturated carbocycles. The molecule has 0 fully saturated rings. The second-order valence-corrected chi connectivity index (χ2v) is 7.28. The third kappa shape index (κ3) is 7.98. The monoisotopic (exact) mass is 304 g/mol. The normalized spacial score (nSPS) is 20.9. The van der Waals surface area contributed by atoms with Crippen molar-refractivity contribution in [3.63, 3.8) is 0 Å². The zero-order valence-corrected chi connectivity index (χ0v) is 15.0. The fraction of sp³-hybridized carbons (Fsp3) is 0.714. The van der Waals surface area contributed by atoms with Gasteiger partial charge in [-0.2, -0.15) is 0 Å². The Morgan fingerprint density at radius 3 is 2.68 bits per heavy atom. The van der Waals surface area contributed by atoms with Crippen molar-refractivity contribution in [2.45, 2.75) is 84.7 Å². The van der Waals surface area contributed by atoms with Crippen LogP contribution in [0.3, 0.4) is 0 Å². The zero-order chi connectivity index (χ0) is 16.4. The van der Waals surface area contributed by atoms with Crippen LogP contribution in [-0.4, -0.2) is 11.2 Å². The van der Waals surface area contributed by atoms with Crippen molar-refractivity contribution in [2.24, 2.45) is 11.8 Å². The molecule has 1 rings (SSSR count). The number of aliphatic hydroxyl groups is 1. The minimum absolute atomic E-state index is 0.102. The van der Waals surface area contributed by atoms with E-state index in [1.807, 2.05) is 6.08 Å². The average Bonchev–Trinajstić information content (AvgIpc) is 2.51. The molecule has 1 N–H and O–H groups in total. The molecule has 0 saturated heterocycles. The summed E-state index contributed by atoms with van der Waals surface area (Å²) in [6.45, 7) is 10.4. The van der Waals surface area contributed by atoms with E-state index in [-0.39, 0.29) is 6.10 Å². The highest BCUT2D eigenvalue weighted by atomic mass is 16.3. The summed E-state index contributed by atoms with van der Waals surface area (Å²) in [5.74, 6) is 1.10. The van der Waals surface area contributed by atoms with Crippen molar-refractivity contribution in [3.05, 3.63) is 36.0 Å². The lowest BCUT2D eigenvalue weighted by molar-refractivity contribution is 0.0895. The number of aliphatic hydroxyl groups excluding tert-OH is 1. The Morgan fingerprint density at radius 2 is 2.09 bits per heavy atom. The van der Waals surface area contributed by atoms with Crippen molar-refractivity contribution in [2.75, 3.05) is 0 Å². The van der Waals surface area contributed by atoms with Crippen LogP contribution in [0.4, 0.5) is 0 Å². The highest BCUT2D eigenvalue weighted by Gasteiger charge is 2.21. The molecule has 1 heteroatoms. The van der Waals surface area contributed by atoms with Crippen LogP contribution in [0.5, 0.6) is 0 Å².